The molecule has 1 atom stereocenters. The maximum Gasteiger partial charge on any atom is 0.249 e. The van der Waals surface area contributed by atoms with Crippen LogP contribution in [0.5, 0.6) is 0 Å². The topological polar surface area (TPSA) is 99.8 Å². The lowest BCUT2D eigenvalue weighted by atomic mass is 9.78. The molecule has 4 heterocycles. The molecule has 4 rings (SSSR count). The smallest absolute Gasteiger partial charge is 0.249 e. The zero-order valence-electron chi connectivity index (χ0n) is 16.4. The highest BCUT2D eigenvalue weighted by Gasteiger charge is 2.49. The number of morpholine rings is 1. The Morgan fingerprint density at radius 1 is 1.32 bits per heavy atom. The number of fused-ring (bicyclic) bond motifs is 2. The fourth-order valence-electron chi connectivity index (χ4n) is 4.75. The van der Waals surface area contributed by atoms with E-state index in [1.807, 2.05) is 9.80 Å². The quantitative estimate of drug-likeness (QED) is 0.727. The molecule has 0 bridgehead atoms. The number of nitrogens with zero attached hydrogens (tertiary/aromatic N) is 3. The number of piperidine rings is 1. The number of ether oxygens (including phenoxy) is 2. The van der Waals surface area contributed by atoms with Crippen LogP contribution in [0.2, 0.25) is 0 Å². The number of rotatable bonds is 4. The minimum absolute atomic E-state index is 0.0161. The van der Waals surface area contributed by atoms with Crippen LogP contribution >= 0.6 is 0 Å². The largest absolute Gasteiger partial charge is 0.375 e. The number of aromatic nitrogens is 2. The summed E-state index contributed by atoms with van der Waals surface area (Å²) in [6.45, 7) is 4.15. The molecule has 2 amide bonds. The standard InChI is InChI=1S/C19H29N5O4/c1-27-12-17(26)24-6-2-15-18(22-13-21-15)19(24)3-7-23(8-4-19)16(25)10-14-11-20-5-9-28-14/h13-14,20H,2-12H2,1H3,(H,21,22)/t14-/m0/s1. The minimum Gasteiger partial charge on any atom is -0.375 e. The van der Waals surface area contributed by atoms with E-state index in [0.717, 1.165) is 30.9 Å². The van der Waals surface area contributed by atoms with E-state index >= 15 is 0 Å². The van der Waals surface area contributed by atoms with Crippen LogP contribution in [-0.4, -0.2) is 90.7 Å². The van der Waals surface area contributed by atoms with Crippen LogP contribution in [0.3, 0.4) is 0 Å². The van der Waals surface area contributed by atoms with Crippen molar-refractivity contribution in [1.82, 2.24) is 25.1 Å². The molecule has 1 aromatic heterocycles. The van der Waals surface area contributed by atoms with Crippen molar-refractivity contribution in [1.29, 1.82) is 0 Å². The molecule has 0 unspecified atom stereocenters. The highest BCUT2D eigenvalue weighted by Crippen LogP contribution is 2.42. The van der Waals surface area contributed by atoms with Crippen molar-refractivity contribution in [3.8, 4) is 0 Å². The number of hydrogen-bond donors (Lipinski definition) is 2. The Bertz CT molecular complexity index is 707. The van der Waals surface area contributed by atoms with Crippen LogP contribution in [0.1, 0.15) is 30.7 Å². The van der Waals surface area contributed by atoms with Crippen LogP contribution in [-0.2, 0) is 31.0 Å². The summed E-state index contributed by atoms with van der Waals surface area (Å²) in [6, 6.07) is 0. The Morgan fingerprint density at radius 2 is 2.14 bits per heavy atom. The molecule has 0 radical (unpaired) electrons. The van der Waals surface area contributed by atoms with Crippen LogP contribution in [0, 0.1) is 0 Å². The number of imidazole rings is 1. The maximum absolute atomic E-state index is 12.7. The number of carbonyl (C=O) groups excluding carboxylic acids is 2. The summed E-state index contributed by atoms with van der Waals surface area (Å²) >= 11 is 0. The van der Waals surface area contributed by atoms with Crippen molar-refractivity contribution in [2.24, 2.45) is 0 Å². The van der Waals surface area contributed by atoms with Gasteiger partial charge >= 0.3 is 0 Å². The highest BCUT2D eigenvalue weighted by molar-refractivity contribution is 5.79. The Balaban J connectivity index is 1.47. The first-order valence-electron chi connectivity index (χ1n) is 10.1. The molecule has 1 aromatic rings. The summed E-state index contributed by atoms with van der Waals surface area (Å²) in [4.78, 5) is 37.1. The summed E-state index contributed by atoms with van der Waals surface area (Å²) in [7, 11) is 1.54. The van der Waals surface area contributed by atoms with E-state index in [9.17, 15) is 9.59 Å². The van der Waals surface area contributed by atoms with E-state index in [4.69, 9.17) is 9.47 Å². The number of hydrogen-bond acceptors (Lipinski definition) is 6. The Kier molecular flexibility index (Phi) is 5.65. The Labute approximate surface area is 164 Å². The molecule has 154 valence electrons. The van der Waals surface area contributed by atoms with Crippen molar-refractivity contribution in [3.05, 3.63) is 17.7 Å². The lowest BCUT2D eigenvalue weighted by Gasteiger charge is -2.50. The van der Waals surface area contributed by atoms with Gasteiger partial charge in [-0.15, -0.1) is 0 Å². The normalized spacial score (nSPS) is 24.2. The SMILES string of the molecule is COCC(=O)N1CCc2[nH]cnc2C12CCN(C(=O)C[C@H]1CNCCO1)CC2. The third kappa shape index (κ3) is 3.54. The van der Waals surface area contributed by atoms with Gasteiger partial charge in [-0.2, -0.15) is 0 Å². The van der Waals surface area contributed by atoms with Crippen LogP contribution < -0.4 is 5.32 Å². The molecule has 2 saturated heterocycles. The van der Waals surface area contributed by atoms with Gasteiger partial charge in [0.25, 0.3) is 0 Å². The summed E-state index contributed by atoms with van der Waals surface area (Å²) in [5.74, 6) is 0.106. The predicted octanol–water partition coefficient (Wildman–Crippen LogP) is -0.363. The van der Waals surface area contributed by atoms with E-state index < -0.39 is 5.54 Å². The zero-order chi connectivity index (χ0) is 19.6. The first kappa shape index (κ1) is 19.4. The van der Waals surface area contributed by atoms with Crippen molar-refractivity contribution in [3.63, 3.8) is 0 Å². The number of carbonyl (C=O) groups is 2. The first-order chi connectivity index (χ1) is 13.6. The molecule has 0 aliphatic carbocycles. The molecule has 28 heavy (non-hydrogen) atoms. The third-order valence-corrected chi connectivity index (χ3v) is 6.18. The molecule has 9 heteroatoms. The van der Waals surface area contributed by atoms with E-state index in [1.165, 1.54) is 7.11 Å². The maximum atomic E-state index is 12.7. The number of nitrogens with one attached hydrogen (secondary N) is 2. The van der Waals surface area contributed by atoms with Gasteiger partial charge in [0.05, 0.1) is 36.7 Å². The van der Waals surface area contributed by atoms with E-state index in [0.29, 0.717) is 45.5 Å². The molecule has 0 aromatic carbocycles. The fraction of sp³-hybridized carbons (Fsp3) is 0.737. The second-order valence-corrected chi connectivity index (χ2v) is 7.77. The molecule has 3 aliphatic heterocycles. The van der Waals surface area contributed by atoms with Gasteiger partial charge in [-0.3, -0.25) is 9.59 Å². The van der Waals surface area contributed by atoms with Crippen molar-refractivity contribution >= 4 is 11.8 Å². The number of likely N-dealkylation sites (tertiary alicyclic amines) is 1. The van der Waals surface area contributed by atoms with Gasteiger partial charge < -0.3 is 29.6 Å². The minimum atomic E-state index is -0.455. The van der Waals surface area contributed by atoms with E-state index in [1.54, 1.807) is 6.33 Å². The average molecular weight is 391 g/mol. The molecule has 2 fully saturated rings. The van der Waals surface area contributed by atoms with Crippen LogP contribution in [0.15, 0.2) is 6.33 Å². The van der Waals surface area contributed by atoms with Crippen molar-refractivity contribution in [2.75, 3.05) is 53.0 Å². The summed E-state index contributed by atoms with van der Waals surface area (Å²) in [5, 5.41) is 3.26. The summed E-state index contributed by atoms with van der Waals surface area (Å²) < 4.78 is 10.8. The molecular weight excluding hydrogens is 362 g/mol. The third-order valence-electron chi connectivity index (χ3n) is 6.18. The molecule has 1 spiro atoms. The van der Waals surface area contributed by atoms with E-state index in [-0.39, 0.29) is 24.5 Å². The predicted molar refractivity (Wildman–Crippen MR) is 101 cm³/mol. The summed E-state index contributed by atoms with van der Waals surface area (Å²) in [5.41, 5.74) is 1.60. The second kappa shape index (κ2) is 8.18. The van der Waals surface area contributed by atoms with Gasteiger partial charge in [0.15, 0.2) is 0 Å². The zero-order valence-corrected chi connectivity index (χ0v) is 16.4. The number of aromatic amines is 1. The average Bonchev–Trinajstić information content (AvgIpc) is 3.20. The van der Waals surface area contributed by atoms with Gasteiger partial charge in [0.1, 0.15) is 6.61 Å². The number of amides is 2. The monoisotopic (exact) mass is 391 g/mol. The molecule has 3 aliphatic rings. The van der Waals surface area contributed by atoms with Crippen LogP contribution in [0.4, 0.5) is 0 Å². The fourth-order valence-corrected chi connectivity index (χ4v) is 4.75. The number of H-pyrrole nitrogens is 1. The summed E-state index contributed by atoms with van der Waals surface area (Å²) in [6.07, 6.45) is 4.21. The second-order valence-electron chi connectivity index (χ2n) is 7.77. The van der Waals surface area contributed by atoms with Gasteiger partial charge in [-0.25, -0.2) is 4.98 Å². The van der Waals surface area contributed by atoms with Gasteiger partial charge in [-0.05, 0) is 12.8 Å². The molecule has 0 saturated carbocycles. The lowest BCUT2D eigenvalue weighted by molar-refractivity contribution is -0.148. The van der Waals surface area contributed by atoms with E-state index in [2.05, 4.69) is 15.3 Å². The van der Waals surface area contributed by atoms with Gasteiger partial charge in [-0.1, -0.05) is 0 Å². The highest BCUT2D eigenvalue weighted by atomic mass is 16.5. The molecular formula is C19H29N5O4. The van der Waals surface area contributed by atoms with Gasteiger partial charge in [0.2, 0.25) is 11.8 Å². The van der Waals surface area contributed by atoms with Crippen molar-refractivity contribution in [2.45, 2.75) is 37.3 Å². The first-order valence-corrected chi connectivity index (χ1v) is 10.1. The van der Waals surface area contributed by atoms with Crippen LogP contribution in [0.25, 0.3) is 0 Å². The molecule has 2 N–H and O–H groups in total. The lowest BCUT2D eigenvalue weighted by Crippen LogP contribution is -2.59. The number of methoxy groups -OCH3 is 1. The van der Waals surface area contributed by atoms with Crippen molar-refractivity contribution < 1.29 is 19.1 Å². The van der Waals surface area contributed by atoms with Gasteiger partial charge in [0, 0.05) is 51.9 Å². The molecule has 9 nitrogen and oxygen atoms in total. The Hall–Kier alpha value is -1.97. The Morgan fingerprint density at radius 3 is 2.86 bits per heavy atom.